The van der Waals surface area contributed by atoms with E-state index >= 15 is 0 Å². The summed E-state index contributed by atoms with van der Waals surface area (Å²) in [4.78, 5) is 12.0. The molecule has 0 spiro atoms. The molecule has 0 radical (unpaired) electrons. The number of nitrogens with zero attached hydrogens (tertiary/aromatic N) is 3. The fraction of sp³-hybridized carbons (Fsp3) is 0.471. The van der Waals surface area contributed by atoms with Crippen LogP contribution in [0.4, 0.5) is 0 Å². The molecule has 0 bridgehead atoms. The lowest BCUT2D eigenvalue weighted by Crippen LogP contribution is -2.33. The molecule has 1 fully saturated rings. The van der Waals surface area contributed by atoms with Gasteiger partial charge in [0.2, 0.25) is 5.91 Å². The first-order valence-corrected chi connectivity index (χ1v) is 9.67. The van der Waals surface area contributed by atoms with E-state index in [2.05, 4.69) is 15.5 Å². The minimum atomic E-state index is 0.0498. The second kappa shape index (κ2) is 8.58. The van der Waals surface area contributed by atoms with Crippen LogP contribution >= 0.6 is 23.4 Å². The van der Waals surface area contributed by atoms with Crippen molar-refractivity contribution in [2.24, 2.45) is 7.05 Å². The molecule has 1 aliphatic carbocycles. The number of amides is 1. The second-order valence-electron chi connectivity index (χ2n) is 6.01. The van der Waals surface area contributed by atoms with Crippen LogP contribution in [-0.4, -0.2) is 32.5 Å². The molecule has 8 heteroatoms. The predicted molar refractivity (Wildman–Crippen MR) is 97.9 cm³/mol. The van der Waals surface area contributed by atoms with E-state index < -0.39 is 0 Å². The maximum Gasteiger partial charge on any atom is 0.230 e. The fourth-order valence-corrected chi connectivity index (χ4v) is 3.70. The highest BCUT2D eigenvalue weighted by molar-refractivity contribution is 7.99. The molecular formula is C17H21ClN4O2S. The first-order chi connectivity index (χ1) is 12.1. The van der Waals surface area contributed by atoms with Crippen LogP contribution in [0, 0.1) is 0 Å². The van der Waals surface area contributed by atoms with Crippen LogP contribution in [0.15, 0.2) is 29.4 Å². The molecule has 1 saturated carbocycles. The normalized spacial score (nSPS) is 14.6. The van der Waals surface area contributed by atoms with E-state index in [9.17, 15) is 4.79 Å². The van der Waals surface area contributed by atoms with Crippen molar-refractivity contribution in [2.75, 3.05) is 5.75 Å². The molecule has 2 aromatic rings. The Kier molecular flexibility index (Phi) is 6.20. The number of para-hydroxylation sites is 1. The second-order valence-corrected chi connectivity index (χ2v) is 7.36. The standard InChI is InChI=1S/C17H21ClN4O2S/c1-22-15(10-24-14-9-5-4-8-13(14)18)20-21-17(22)25-11-16(23)19-12-6-2-3-7-12/h4-5,8-9,12H,2-3,6-7,10-11H2,1H3,(H,19,23). The SMILES string of the molecule is Cn1c(COc2ccccc2Cl)nnc1SCC(=O)NC1CCCC1. The van der Waals surface area contributed by atoms with E-state index in [-0.39, 0.29) is 12.5 Å². The first-order valence-electron chi connectivity index (χ1n) is 8.31. The molecule has 1 amide bonds. The highest BCUT2D eigenvalue weighted by Crippen LogP contribution is 2.24. The van der Waals surface area contributed by atoms with Crippen LogP contribution in [0.2, 0.25) is 5.02 Å². The molecular weight excluding hydrogens is 360 g/mol. The Morgan fingerprint density at radius 1 is 1.36 bits per heavy atom. The molecule has 1 N–H and O–H groups in total. The minimum absolute atomic E-state index is 0.0498. The Balaban J connectivity index is 1.50. The summed E-state index contributed by atoms with van der Waals surface area (Å²) in [6, 6.07) is 7.64. The summed E-state index contributed by atoms with van der Waals surface area (Å²) in [5.74, 6) is 1.68. The Labute approximate surface area is 156 Å². The number of carbonyl (C=O) groups is 1. The highest BCUT2D eigenvalue weighted by Gasteiger charge is 2.18. The number of hydrogen-bond acceptors (Lipinski definition) is 5. The summed E-state index contributed by atoms with van der Waals surface area (Å²) in [6.45, 7) is 0.266. The topological polar surface area (TPSA) is 69.0 Å². The Morgan fingerprint density at radius 3 is 2.88 bits per heavy atom. The fourth-order valence-electron chi connectivity index (χ4n) is 2.77. The van der Waals surface area contributed by atoms with Gasteiger partial charge in [0.25, 0.3) is 0 Å². The third-order valence-electron chi connectivity index (χ3n) is 4.17. The molecule has 0 saturated heterocycles. The maximum atomic E-state index is 12.0. The number of aromatic nitrogens is 3. The van der Waals surface area contributed by atoms with Gasteiger partial charge < -0.3 is 14.6 Å². The molecule has 1 aliphatic rings. The Morgan fingerprint density at radius 2 is 2.12 bits per heavy atom. The average Bonchev–Trinajstić information content (AvgIpc) is 3.23. The number of hydrogen-bond donors (Lipinski definition) is 1. The summed E-state index contributed by atoms with van der Waals surface area (Å²) < 4.78 is 7.53. The van der Waals surface area contributed by atoms with Gasteiger partial charge in [-0.25, -0.2) is 0 Å². The number of rotatable bonds is 7. The van der Waals surface area contributed by atoms with E-state index in [1.165, 1.54) is 24.6 Å². The van der Waals surface area contributed by atoms with Gasteiger partial charge in [0, 0.05) is 13.1 Å². The van der Waals surface area contributed by atoms with Crippen molar-refractivity contribution in [1.29, 1.82) is 0 Å². The lowest BCUT2D eigenvalue weighted by atomic mass is 10.2. The maximum absolute atomic E-state index is 12.0. The Bertz CT molecular complexity index is 731. The number of carbonyl (C=O) groups excluding carboxylic acids is 1. The van der Waals surface area contributed by atoms with Crippen molar-refractivity contribution in [3.8, 4) is 5.75 Å². The van der Waals surface area contributed by atoms with Crippen LogP contribution in [0.1, 0.15) is 31.5 Å². The summed E-state index contributed by atoms with van der Waals surface area (Å²) in [6.07, 6.45) is 4.58. The molecule has 3 rings (SSSR count). The third kappa shape index (κ3) is 4.89. The molecule has 0 aliphatic heterocycles. The molecule has 25 heavy (non-hydrogen) atoms. The van der Waals surface area contributed by atoms with Crippen LogP contribution in [0.3, 0.4) is 0 Å². The molecule has 134 valence electrons. The van der Waals surface area contributed by atoms with E-state index in [0.29, 0.717) is 33.5 Å². The van der Waals surface area contributed by atoms with Gasteiger partial charge in [-0.3, -0.25) is 4.79 Å². The number of halogens is 1. The van der Waals surface area contributed by atoms with Crippen molar-refractivity contribution in [3.63, 3.8) is 0 Å². The summed E-state index contributed by atoms with van der Waals surface area (Å²) in [5, 5.41) is 12.6. The molecule has 1 heterocycles. The zero-order valence-electron chi connectivity index (χ0n) is 14.1. The van der Waals surface area contributed by atoms with Gasteiger partial charge in [-0.15, -0.1) is 10.2 Å². The van der Waals surface area contributed by atoms with Crippen molar-refractivity contribution in [1.82, 2.24) is 20.1 Å². The first kappa shape index (κ1) is 18.1. The number of nitrogens with one attached hydrogen (secondary N) is 1. The zero-order chi connectivity index (χ0) is 17.6. The van der Waals surface area contributed by atoms with E-state index in [4.69, 9.17) is 16.3 Å². The van der Waals surface area contributed by atoms with Gasteiger partial charge in [0.05, 0.1) is 10.8 Å². The molecule has 0 unspecified atom stereocenters. The lowest BCUT2D eigenvalue weighted by Gasteiger charge is -2.11. The van der Waals surface area contributed by atoms with Gasteiger partial charge in [0.1, 0.15) is 12.4 Å². The molecule has 1 aromatic carbocycles. The van der Waals surface area contributed by atoms with Gasteiger partial charge >= 0.3 is 0 Å². The monoisotopic (exact) mass is 380 g/mol. The smallest absolute Gasteiger partial charge is 0.230 e. The van der Waals surface area contributed by atoms with E-state index in [1.807, 2.05) is 29.8 Å². The third-order valence-corrected chi connectivity index (χ3v) is 5.50. The summed E-state index contributed by atoms with van der Waals surface area (Å²) >= 11 is 7.45. The van der Waals surface area contributed by atoms with Crippen molar-refractivity contribution in [3.05, 3.63) is 35.1 Å². The quantitative estimate of drug-likeness (QED) is 0.747. The minimum Gasteiger partial charge on any atom is -0.484 e. The number of ether oxygens (including phenoxy) is 1. The Hall–Kier alpha value is -1.73. The number of benzene rings is 1. The van der Waals surface area contributed by atoms with Crippen LogP contribution in [0.25, 0.3) is 0 Å². The van der Waals surface area contributed by atoms with Crippen molar-refractivity contribution in [2.45, 2.75) is 43.5 Å². The molecule has 1 aromatic heterocycles. The van der Waals surface area contributed by atoms with Crippen LogP contribution < -0.4 is 10.1 Å². The van der Waals surface area contributed by atoms with Crippen LogP contribution in [-0.2, 0) is 18.4 Å². The summed E-state index contributed by atoms with van der Waals surface area (Å²) in [5.41, 5.74) is 0. The zero-order valence-corrected chi connectivity index (χ0v) is 15.6. The van der Waals surface area contributed by atoms with E-state index in [1.54, 1.807) is 6.07 Å². The van der Waals surface area contributed by atoms with Gasteiger partial charge in [-0.2, -0.15) is 0 Å². The van der Waals surface area contributed by atoms with Crippen LogP contribution in [0.5, 0.6) is 5.75 Å². The van der Waals surface area contributed by atoms with Crippen molar-refractivity contribution >= 4 is 29.3 Å². The van der Waals surface area contributed by atoms with Gasteiger partial charge in [0.15, 0.2) is 11.0 Å². The van der Waals surface area contributed by atoms with Gasteiger partial charge in [-0.1, -0.05) is 48.3 Å². The average molecular weight is 381 g/mol. The predicted octanol–water partition coefficient (Wildman–Crippen LogP) is 3.20. The largest absolute Gasteiger partial charge is 0.484 e. The summed E-state index contributed by atoms with van der Waals surface area (Å²) in [7, 11) is 1.86. The molecule has 0 atom stereocenters. The molecule has 6 nitrogen and oxygen atoms in total. The lowest BCUT2D eigenvalue weighted by molar-refractivity contribution is -0.119. The number of thioether (sulfide) groups is 1. The van der Waals surface area contributed by atoms with E-state index in [0.717, 1.165) is 12.8 Å². The highest BCUT2D eigenvalue weighted by atomic mass is 35.5. The van der Waals surface area contributed by atoms with Gasteiger partial charge in [-0.05, 0) is 25.0 Å². The van der Waals surface area contributed by atoms with Crippen molar-refractivity contribution < 1.29 is 9.53 Å².